The maximum absolute atomic E-state index is 10.9. The predicted molar refractivity (Wildman–Crippen MR) is 85.4 cm³/mol. The van der Waals surface area contributed by atoms with E-state index in [9.17, 15) is 10.1 Å². The smallest absolute Gasteiger partial charge is 0.296 e. The summed E-state index contributed by atoms with van der Waals surface area (Å²) in [4.78, 5) is 10.4. The molecule has 0 saturated heterocycles. The molecule has 118 valence electrons. The maximum Gasteiger partial charge on any atom is 0.296 e. The van der Waals surface area contributed by atoms with Gasteiger partial charge in [-0.15, -0.1) is 5.11 Å². The third kappa shape index (κ3) is 4.92. The lowest BCUT2D eigenvalue weighted by Crippen LogP contribution is -2.03. The van der Waals surface area contributed by atoms with Gasteiger partial charge in [0.2, 0.25) is 0 Å². The molecule has 0 aliphatic heterocycles. The molecular weight excluding hydrogens is 298 g/mol. The van der Waals surface area contributed by atoms with Crippen molar-refractivity contribution in [1.82, 2.24) is 0 Å². The number of nitro benzene ring substituents is 1. The molecule has 7 nitrogen and oxygen atoms in total. The molecule has 0 spiro atoms. The van der Waals surface area contributed by atoms with Crippen LogP contribution in [-0.2, 0) is 4.74 Å². The van der Waals surface area contributed by atoms with Crippen LogP contribution in [0.4, 0.5) is 17.1 Å². The summed E-state index contributed by atoms with van der Waals surface area (Å²) < 4.78 is 10.4. The normalized spacial score (nSPS) is 10.4. The van der Waals surface area contributed by atoms with Crippen molar-refractivity contribution in [3.8, 4) is 5.75 Å². The molecule has 0 saturated carbocycles. The summed E-state index contributed by atoms with van der Waals surface area (Å²) in [5, 5.41) is 18.8. The Labute approximate surface area is 133 Å². The Morgan fingerprint density at radius 1 is 1.09 bits per heavy atom. The number of hydrogen-bond acceptors (Lipinski definition) is 6. The molecule has 23 heavy (non-hydrogen) atoms. The second-order valence-electron chi connectivity index (χ2n) is 4.33. The lowest BCUT2D eigenvalue weighted by atomic mass is 10.3. The lowest BCUT2D eigenvalue weighted by molar-refractivity contribution is -0.384. The fraction of sp³-hybridized carbons (Fsp3) is 0.125. The van der Waals surface area contributed by atoms with Crippen LogP contribution in [0, 0.1) is 10.1 Å². The summed E-state index contributed by atoms with van der Waals surface area (Å²) in [5.41, 5.74) is 0.690. The van der Waals surface area contributed by atoms with Gasteiger partial charge in [-0.3, -0.25) is 10.1 Å². The molecule has 0 heterocycles. The van der Waals surface area contributed by atoms with Gasteiger partial charge >= 0.3 is 0 Å². The highest BCUT2D eigenvalue weighted by molar-refractivity contribution is 5.56. The Morgan fingerprint density at radius 2 is 1.83 bits per heavy atom. The van der Waals surface area contributed by atoms with Crippen molar-refractivity contribution in [2.45, 2.75) is 0 Å². The number of benzene rings is 2. The number of para-hydroxylation sites is 1. The van der Waals surface area contributed by atoms with Crippen molar-refractivity contribution in [2.24, 2.45) is 10.2 Å². The highest BCUT2D eigenvalue weighted by Crippen LogP contribution is 2.28. The summed E-state index contributed by atoms with van der Waals surface area (Å²) in [6.45, 7) is 4.26. The van der Waals surface area contributed by atoms with Crippen LogP contribution in [0.3, 0.4) is 0 Å². The molecule has 2 rings (SSSR count). The largest absolute Gasteiger partial charge is 0.498 e. The van der Waals surface area contributed by atoms with E-state index in [-0.39, 0.29) is 11.4 Å². The zero-order valence-electron chi connectivity index (χ0n) is 12.3. The number of nitrogens with zero attached hydrogens (tertiary/aromatic N) is 3. The molecule has 0 fully saturated rings. The monoisotopic (exact) mass is 313 g/mol. The lowest BCUT2D eigenvalue weighted by Gasteiger charge is -2.05. The average molecular weight is 313 g/mol. The average Bonchev–Trinajstić information content (AvgIpc) is 2.58. The van der Waals surface area contributed by atoms with E-state index in [0.29, 0.717) is 24.7 Å². The summed E-state index contributed by atoms with van der Waals surface area (Å²) in [6, 6.07) is 13.1. The van der Waals surface area contributed by atoms with Gasteiger partial charge < -0.3 is 9.47 Å². The van der Waals surface area contributed by atoms with E-state index in [1.165, 1.54) is 12.3 Å². The molecule has 0 N–H and O–H groups in total. The third-order valence-corrected chi connectivity index (χ3v) is 2.78. The Bertz CT molecular complexity index is 699. The van der Waals surface area contributed by atoms with E-state index in [1.807, 2.05) is 0 Å². The highest BCUT2D eigenvalue weighted by Gasteiger charge is 2.11. The summed E-state index contributed by atoms with van der Waals surface area (Å²) >= 11 is 0. The SMILES string of the molecule is C=COCCOc1ccc(N=Nc2ccccc2[N+](=O)[O-])cc1. The van der Waals surface area contributed by atoms with Crippen LogP contribution < -0.4 is 4.74 Å². The van der Waals surface area contributed by atoms with Gasteiger partial charge in [-0.05, 0) is 30.3 Å². The van der Waals surface area contributed by atoms with Gasteiger partial charge in [0.05, 0.1) is 16.9 Å². The zero-order chi connectivity index (χ0) is 16.5. The minimum Gasteiger partial charge on any atom is -0.498 e. The van der Waals surface area contributed by atoms with E-state index in [2.05, 4.69) is 16.8 Å². The molecule has 0 aromatic heterocycles. The van der Waals surface area contributed by atoms with E-state index in [4.69, 9.17) is 9.47 Å². The van der Waals surface area contributed by atoms with Crippen LogP contribution in [0.5, 0.6) is 5.75 Å². The minimum atomic E-state index is -0.489. The van der Waals surface area contributed by atoms with Crippen LogP contribution in [0.2, 0.25) is 0 Å². The van der Waals surface area contributed by atoms with Crippen molar-refractivity contribution < 1.29 is 14.4 Å². The van der Waals surface area contributed by atoms with Crippen molar-refractivity contribution in [3.05, 3.63) is 71.5 Å². The van der Waals surface area contributed by atoms with E-state index in [1.54, 1.807) is 42.5 Å². The molecule has 0 aliphatic carbocycles. The second kappa shape index (κ2) is 8.28. The van der Waals surface area contributed by atoms with Crippen molar-refractivity contribution in [3.63, 3.8) is 0 Å². The Kier molecular flexibility index (Phi) is 5.81. The van der Waals surface area contributed by atoms with Crippen molar-refractivity contribution in [1.29, 1.82) is 0 Å². The molecule has 0 atom stereocenters. The van der Waals surface area contributed by atoms with Crippen LogP contribution in [-0.4, -0.2) is 18.1 Å². The van der Waals surface area contributed by atoms with E-state index < -0.39 is 4.92 Å². The van der Waals surface area contributed by atoms with Crippen LogP contribution >= 0.6 is 0 Å². The molecule has 0 aliphatic rings. The predicted octanol–water partition coefficient (Wildman–Crippen LogP) is 4.55. The van der Waals surface area contributed by atoms with Gasteiger partial charge in [-0.1, -0.05) is 18.7 Å². The number of azo groups is 1. The fourth-order valence-electron chi connectivity index (χ4n) is 1.71. The molecule has 0 radical (unpaired) electrons. The van der Waals surface area contributed by atoms with Crippen molar-refractivity contribution >= 4 is 17.1 Å². The van der Waals surface area contributed by atoms with Crippen LogP contribution in [0.25, 0.3) is 0 Å². The molecule has 0 amide bonds. The van der Waals surface area contributed by atoms with Crippen molar-refractivity contribution in [2.75, 3.05) is 13.2 Å². The number of hydrogen-bond donors (Lipinski definition) is 0. The first-order valence-electron chi connectivity index (χ1n) is 6.81. The number of rotatable bonds is 8. The number of ether oxygens (including phenoxy) is 2. The Balaban J connectivity index is 2.01. The zero-order valence-corrected chi connectivity index (χ0v) is 12.3. The Hall–Kier alpha value is -3.22. The van der Waals surface area contributed by atoms with E-state index in [0.717, 1.165) is 0 Å². The number of nitro groups is 1. The topological polar surface area (TPSA) is 86.3 Å². The minimum absolute atomic E-state index is 0.0848. The summed E-state index contributed by atoms with van der Waals surface area (Å²) in [7, 11) is 0. The second-order valence-corrected chi connectivity index (χ2v) is 4.33. The molecule has 7 heteroatoms. The molecule has 0 bridgehead atoms. The van der Waals surface area contributed by atoms with Gasteiger partial charge in [0.15, 0.2) is 5.69 Å². The first kappa shape index (κ1) is 16.2. The van der Waals surface area contributed by atoms with Gasteiger partial charge in [0.1, 0.15) is 19.0 Å². The van der Waals surface area contributed by atoms with Gasteiger partial charge in [-0.2, -0.15) is 5.11 Å². The van der Waals surface area contributed by atoms with Crippen LogP contribution in [0.15, 0.2) is 71.6 Å². The van der Waals surface area contributed by atoms with Gasteiger partial charge in [0, 0.05) is 6.07 Å². The third-order valence-electron chi connectivity index (χ3n) is 2.78. The standard InChI is InChI=1S/C16H15N3O4/c1-2-22-11-12-23-14-9-7-13(8-10-14)17-18-15-5-3-4-6-16(15)19(20)21/h2-10H,1,11-12H2. The first-order chi connectivity index (χ1) is 11.2. The fourth-order valence-corrected chi connectivity index (χ4v) is 1.71. The van der Waals surface area contributed by atoms with Gasteiger partial charge in [0.25, 0.3) is 5.69 Å². The first-order valence-corrected chi connectivity index (χ1v) is 6.81. The van der Waals surface area contributed by atoms with E-state index >= 15 is 0 Å². The Morgan fingerprint density at radius 3 is 2.52 bits per heavy atom. The maximum atomic E-state index is 10.9. The summed E-state index contributed by atoms with van der Waals surface area (Å²) in [6.07, 6.45) is 1.36. The highest BCUT2D eigenvalue weighted by atomic mass is 16.6. The molecular formula is C16H15N3O4. The molecule has 0 unspecified atom stereocenters. The van der Waals surface area contributed by atoms with Gasteiger partial charge in [-0.25, -0.2) is 0 Å². The molecule has 2 aromatic carbocycles. The summed E-state index contributed by atoms with van der Waals surface area (Å²) in [5.74, 6) is 0.669. The van der Waals surface area contributed by atoms with Crippen LogP contribution in [0.1, 0.15) is 0 Å². The quantitative estimate of drug-likeness (QED) is 0.235. The molecule has 2 aromatic rings.